The highest BCUT2D eigenvalue weighted by atomic mass is 16.1. The number of hydrogen-bond acceptors (Lipinski definition) is 3. The number of benzene rings is 2. The number of fused-ring (bicyclic) bond motifs is 1. The van der Waals surface area contributed by atoms with Gasteiger partial charge in [0.1, 0.15) is 6.07 Å². The van der Waals surface area contributed by atoms with Crippen LogP contribution >= 0.6 is 0 Å². The van der Waals surface area contributed by atoms with Crippen molar-refractivity contribution in [1.29, 1.82) is 5.26 Å². The molecule has 30 heavy (non-hydrogen) atoms. The van der Waals surface area contributed by atoms with Gasteiger partial charge in [-0.05, 0) is 60.4 Å². The van der Waals surface area contributed by atoms with Crippen LogP contribution in [0.4, 0.5) is 0 Å². The molecule has 0 radical (unpaired) electrons. The van der Waals surface area contributed by atoms with Crippen LogP contribution in [0.5, 0.6) is 0 Å². The van der Waals surface area contributed by atoms with Gasteiger partial charge in [-0.15, -0.1) is 0 Å². The number of amides is 1. The number of pyridine rings is 1. The summed E-state index contributed by atoms with van der Waals surface area (Å²) in [5.74, 6) is -0.143. The number of rotatable bonds is 5. The average molecular weight is 396 g/mol. The van der Waals surface area contributed by atoms with Crippen LogP contribution in [0.15, 0.2) is 71.8 Å². The van der Waals surface area contributed by atoms with Gasteiger partial charge >= 0.3 is 0 Å². The molecule has 2 aromatic heterocycles. The van der Waals surface area contributed by atoms with Crippen molar-refractivity contribution in [2.75, 3.05) is 0 Å². The Morgan fingerprint density at radius 2 is 1.80 bits per heavy atom. The maximum absolute atomic E-state index is 12.6. The summed E-state index contributed by atoms with van der Waals surface area (Å²) in [6, 6.07) is 18.5. The summed E-state index contributed by atoms with van der Waals surface area (Å²) < 4.78 is 0. The molecular weight excluding hydrogens is 376 g/mol. The van der Waals surface area contributed by atoms with Crippen LogP contribution in [-0.2, 0) is 6.42 Å². The van der Waals surface area contributed by atoms with Gasteiger partial charge in [-0.3, -0.25) is 9.59 Å². The van der Waals surface area contributed by atoms with Crippen LogP contribution in [0.3, 0.4) is 0 Å². The molecule has 0 saturated heterocycles. The zero-order valence-corrected chi connectivity index (χ0v) is 16.4. The summed E-state index contributed by atoms with van der Waals surface area (Å²) in [6.45, 7) is 1.96. The van der Waals surface area contributed by atoms with Crippen LogP contribution in [-0.4, -0.2) is 21.9 Å². The SMILES string of the molecule is CC(Cc1ccc2[nH]cc(C#N)c2c1)NC(=O)c1ccc(-c2ccc(=O)[nH]c2)cc1. The number of carbonyl (C=O) groups is 1. The monoisotopic (exact) mass is 396 g/mol. The van der Waals surface area contributed by atoms with Gasteiger partial charge in [-0.25, -0.2) is 0 Å². The lowest BCUT2D eigenvalue weighted by Gasteiger charge is -2.14. The first-order chi connectivity index (χ1) is 14.5. The molecule has 1 amide bonds. The van der Waals surface area contributed by atoms with Crippen LogP contribution in [0.1, 0.15) is 28.4 Å². The molecule has 6 heteroatoms. The summed E-state index contributed by atoms with van der Waals surface area (Å²) in [5.41, 5.74) is 4.82. The summed E-state index contributed by atoms with van der Waals surface area (Å²) >= 11 is 0. The number of carbonyl (C=O) groups excluding carboxylic acids is 1. The third-order valence-electron chi connectivity index (χ3n) is 5.05. The van der Waals surface area contributed by atoms with Gasteiger partial charge in [-0.1, -0.05) is 18.2 Å². The maximum Gasteiger partial charge on any atom is 0.251 e. The van der Waals surface area contributed by atoms with Crippen LogP contribution in [0.2, 0.25) is 0 Å². The minimum Gasteiger partial charge on any atom is -0.360 e. The fourth-order valence-corrected chi connectivity index (χ4v) is 3.50. The Bertz CT molecular complexity index is 1290. The highest BCUT2D eigenvalue weighted by Crippen LogP contribution is 2.20. The van der Waals surface area contributed by atoms with E-state index in [1.165, 1.54) is 6.07 Å². The zero-order chi connectivity index (χ0) is 21.1. The highest BCUT2D eigenvalue weighted by molar-refractivity contribution is 5.95. The first-order valence-corrected chi connectivity index (χ1v) is 9.63. The second-order valence-corrected chi connectivity index (χ2v) is 7.29. The maximum atomic E-state index is 12.6. The Labute approximate surface area is 173 Å². The number of nitrogens with one attached hydrogen (secondary N) is 3. The van der Waals surface area contributed by atoms with Crippen molar-refractivity contribution in [2.24, 2.45) is 0 Å². The van der Waals surface area contributed by atoms with E-state index in [4.69, 9.17) is 0 Å². The van der Waals surface area contributed by atoms with E-state index in [0.717, 1.165) is 27.6 Å². The van der Waals surface area contributed by atoms with Crippen LogP contribution in [0.25, 0.3) is 22.0 Å². The summed E-state index contributed by atoms with van der Waals surface area (Å²) in [7, 11) is 0. The van der Waals surface area contributed by atoms with Gasteiger partial charge in [0.15, 0.2) is 0 Å². The molecule has 0 aliphatic rings. The molecule has 2 aromatic carbocycles. The Kier molecular flexibility index (Phi) is 5.19. The quantitative estimate of drug-likeness (QED) is 0.479. The fraction of sp³-hybridized carbons (Fsp3) is 0.125. The lowest BCUT2D eigenvalue weighted by Crippen LogP contribution is -2.34. The van der Waals surface area contributed by atoms with E-state index in [0.29, 0.717) is 17.5 Å². The molecule has 3 N–H and O–H groups in total. The number of nitriles is 1. The molecule has 0 saturated carbocycles. The molecule has 0 aliphatic carbocycles. The molecule has 0 fully saturated rings. The molecule has 2 heterocycles. The van der Waals surface area contributed by atoms with Gasteiger partial charge < -0.3 is 15.3 Å². The Hall–Kier alpha value is -4.11. The van der Waals surface area contributed by atoms with Crippen molar-refractivity contribution < 1.29 is 4.79 Å². The number of hydrogen-bond donors (Lipinski definition) is 3. The average Bonchev–Trinajstić information content (AvgIpc) is 3.16. The van der Waals surface area contributed by atoms with Gasteiger partial charge in [0, 0.05) is 41.0 Å². The predicted molar refractivity (Wildman–Crippen MR) is 116 cm³/mol. The van der Waals surface area contributed by atoms with Crippen molar-refractivity contribution in [3.63, 3.8) is 0 Å². The Morgan fingerprint density at radius 3 is 2.50 bits per heavy atom. The number of aromatic amines is 2. The van der Waals surface area contributed by atoms with E-state index < -0.39 is 0 Å². The third kappa shape index (κ3) is 4.01. The molecule has 1 atom stereocenters. The van der Waals surface area contributed by atoms with Crippen LogP contribution in [0, 0.1) is 11.3 Å². The van der Waals surface area contributed by atoms with Gasteiger partial charge in [0.25, 0.3) is 5.91 Å². The number of H-pyrrole nitrogens is 2. The van der Waals surface area contributed by atoms with Gasteiger partial charge in [0.05, 0.1) is 5.56 Å². The lowest BCUT2D eigenvalue weighted by atomic mass is 10.0. The fourth-order valence-electron chi connectivity index (χ4n) is 3.50. The van der Waals surface area contributed by atoms with Crippen molar-refractivity contribution in [3.05, 3.63) is 94.0 Å². The Balaban J connectivity index is 1.42. The van der Waals surface area contributed by atoms with E-state index in [-0.39, 0.29) is 17.5 Å². The van der Waals surface area contributed by atoms with E-state index in [1.54, 1.807) is 30.6 Å². The highest BCUT2D eigenvalue weighted by Gasteiger charge is 2.12. The van der Waals surface area contributed by atoms with Crippen molar-refractivity contribution in [3.8, 4) is 17.2 Å². The summed E-state index contributed by atoms with van der Waals surface area (Å²) in [6.07, 6.45) is 4.02. The topological polar surface area (TPSA) is 102 Å². The zero-order valence-electron chi connectivity index (χ0n) is 16.4. The minimum atomic E-state index is -0.150. The predicted octanol–water partition coefficient (Wildman–Crippen LogP) is 3.76. The molecule has 148 valence electrons. The van der Waals surface area contributed by atoms with Gasteiger partial charge in [0.2, 0.25) is 5.56 Å². The third-order valence-corrected chi connectivity index (χ3v) is 5.05. The minimum absolute atomic E-state index is 0.0710. The number of aromatic nitrogens is 2. The normalized spacial score (nSPS) is 11.7. The largest absolute Gasteiger partial charge is 0.360 e. The first-order valence-electron chi connectivity index (χ1n) is 9.63. The molecule has 4 aromatic rings. The molecular formula is C24H20N4O2. The van der Waals surface area contributed by atoms with E-state index in [9.17, 15) is 14.9 Å². The van der Waals surface area contributed by atoms with Crippen molar-refractivity contribution in [1.82, 2.24) is 15.3 Å². The van der Waals surface area contributed by atoms with Gasteiger partial charge in [-0.2, -0.15) is 5.26 Å². The molecule has 4 rings (SSSR count). The molecule has 0 spiro atoms. The second kappa shape index (κ2) is 8.10. The van der Waals surface area contributed by atoms with E-state index in [1.807, 2.05) is 37.3 Å². The molecule has 0 aliphatic heterocycles. The molecule has 0 bridgehead atoms. The summed E-state index contributed by atoms with van der Waals surface area (Å²) in [5, 5.41) is 13.1. The first kappa shape index (κ1) is 19.2. The number of nitrogens with zero attached hydrogens (tertiary/aromatic N) is 1. The smallest absolute Gasteiger partial charge is 0.251 e. The summed E-state index contributed by atoms with van der Waals surface area (Å²) in [4.78, 5) is 29.5. The van der Waals surface area contributed by atoms with Crippen LogP contribution < -0.4 is 10.9 Å². The molecule has 6 nitrogen and oxygen atoms in total. The lowest BCUT2D eigenvalue weighted by molar-refractivity contribution is 0.0940. The van der Waals surface area contributed by atoms with Crippen molar-refractivity contribution in [2.45, 2.75) is 19.4 Å². The van der Waals surface area contributed by atoms with Crippen molar-refractivity contribution >= 4 is 16.8 Å². The van der Waals surface area contributed by atoms with E-state index in [2.05, 4.69) is 21.4 Å². The Morgan fingerprint density at radius 1 is 1.03 bits per heavy atom. The van der Waals surface area contributed by atoms with E-state index >= 15 is 0 Å². The second-order valence-electron chi connectivity index (χ2n) is 7.29. The molecule has 1 unspecified atom stereocenters. The standard InChI is InChI=1S/C24H20N4O2/c1-15(10-16-2-8-22-21(11-16)20(12-25)14-26-22)28-24(30)18-5-3-17(4-6-18)19-7-9-23(29)27-13-19/h2-9,11,13-15,26H,10H2,1H3,(H,27,29)(H,28,30).